The van der Waals surface area contributed by atoms with E-state index in [1.807, 2.05) is 61.5 Å². The minimum absolute atomic E-state index is 0.173. The van der Waals surface area contributed by atoms with Gasteiger partial charge in [-0.1, -0.05) is 48.5 Å². The number of carbonyl (C=O) groups is 1. The highest BCUT2D eigenvalue weighted by atomic mass is 16.5. The maximum Gasteiger partial charge on any atom is 0.260 e. The van der Waals surface area contributed by atoms with Crippen LogP contribution in [0.4, 0.5) is 5.69 Å². The normalized spacial score (nSPS) is 10.5. The molecule has 0 spiro atoms. The Kier molecular flexibility index (Phi) is 6.77. The van der Waals surface area contributed by atoms with Gasteiger partial charge in [-0.15, -0.1) is 0 Å². The van der Waals surface area contributed by atoms with Crippen molar-refractivity contribution in [2.45, 2.75) is 20.0 Å². The molecule has 7 heteroatoms. The third-order valence-corrected chi connectivity index (χ3v) is 4.55. The lowest BCUT2D eigenvalue weighted by molar-refractivity contribution is 0.102. The van der Waals surface area contributed by atoms with E-state index >= 15 is 0 Å². The molecule has 1 aromatic heterocycles. The first-order valence-corrected chi connectivity index (χ1v) is 10.4. The summed E-state index contributed by atoms with van der Waals surface area (Å²) in [5.74, 6) is 1.83. The molecule has 3 aromatic carbocycles. The Morgan fingerprint density at radius 3 is 2.56 bits per heavy atom. The monoisotopic (exact) mass is 429 g/mol. The van der Waals surface area contributed by atoms with Crippen LogP contribution in [0.5, 0.6) is 11.5 Å². The highest BCUT2D eigenvalue weighted by Crippen LogP contribution is 2.27. The zero-order valence-corrected chi connectivity index (χ0v) is 17.7. The van der Waals surface area contributed by atoms with Crippen LogP contribution in [0.15, 0.2) is 83.4 Å². The molecular formula is C25H23N3O4. The summed E-state index contributed by atoms with van der Waals surface area (Å²) in [5, 5.41) is 6.91. The molecule has 4 aromatic rings. The number of rotatable bonds is 9. The van der Waals surface area contributed by atoms with Gasteiger partial charge in [-0.25, -0.2) is 0 Å². The molecule has 1 heterocycles. The average molecular weight is 429 g/mol. The number of ether oxygens (including phenoxy) is 2. The van der Waals surface area contributed by atoms with Gasteiger partial charge in [-0.3, -0.25) is 4.79 Å². The van der Waals surface area contributed by atoms with Gasteiger partial charge in [0.2, 0.25) is 5.82 Å². The van der Waals surface area contributed by atoms with Crippen molar-refractivity contribution >= 4 is 11.6 Å². The summed E-state index contributed by atoms with van der Waals surface area (Å²) in [6.07, 6.45) is 0.895. The quantitative estimate of drug-likeness (QED) is 0.386. The molecule has 7 nitrogen and oxygen atoms in total. The number of amides is 1. The molecular weight excluding hydrogens is 406 g/mol. The number of nitrogens with one attached hydrogen (secondary N) is 1. The Morgan fingerprint density at radius 1 is 0.938 bits per heavy atom. The molecule has 162 valence electrons. The SMILES string of the molecule is CCCOc1cccc(C(=O)Nc2ccccc2-c2nc(COc3ccccc3)no2)c1. The molecule has 0 atom stereocenters. The predicted octanol–water partition coefficient (Wildman–Crippen LogP) is 5.36. The van der Waals surface area contributed by atoms with Gasteiger partial charge in [-0.05, 0) is 48.9 Å². The highest BCUT2D eigenvalue weighted by molar-refractivity contribution is 6.06. The van der Waals surface area contributed by atoms with Crippen molar-refractivity contribution in [2.75, 3.05) is 11.9 Å². The van der Waals surface area contributed by atoms with Crippen LogP contribution in [-0.4, -0.2) is 22.7 Å². The average Bonchev–Trinajstić information content (AvgIpc) is 3.31. The second-order valence-corrected chi connectivity index (χ2v) is 6.99. The smallest absolute Gasteiger partial charge is 0.260 e. The summed E-state index contributed by atoms with van der Waals surface area (Å²) in [6.45, 7) is 2.80. The minimum atomic E-state index is -0.258. The molecule has 0 bridgehead atoms. The number of aromatic nitrogens is 2. The Hall–Kier alpha value is -4.13. The number of hydrogen-bond donors (Lipinski definition) is 1. The standard InChI is InChI=1S/C25H23N3O4/c1-2-15-30-20-12-8-9-18(16-20)24(29)26-22-14-7-6-13-21(22)25-27-23(28-32-25)17-31-19-10-4-3-5-11-19/h3-14,16H,2,15,17H2,1H3,(H,26,29). The van der Waals surface area contributed by atoms with Gasteiger partial charge in [-0.2, -0.15) is 4.98 Å². The van der Waals surface area contributed by atoms with E-state index in [1.54, 1.807) is 24.3 Å². The Morgan fingerprint density at radius 2 is 1.72 bits per heavy atom. The van der Waals surface area contributed by atoms with Crippen molar-refractivity contribution in [1.82, 2.24) is 10.1 Å². The Balaban J connectivity index is 1.47. The van der Waals surface area contributed by atoms with Gasteiger partial charge in [0.1, 0.15) is 11.5 Å². The third-order valence-electron chi connectivity index (χ3n) is 4.55. The highest BCUT2D eigenvalue weighted by Gasteiger charge is 2.16. The van der Waals surface area contributed by atoms with Gasteiger partial charge < -0.3 is 19.3 Å². The van der Waals surface area contributed by atoms with E-state index in [0.29, 0.717) is 40.9 Å². The molecule has 4 rings (SSSR count). The largest absolute Gasteiger partial charge is 0.494 e. The number of para-hydroxylation sites is 2. The van der Waals surface area contributed by atoms with Crippen molar-refractivity contribution in [2.24, 2.45) is 0 Å². The molecule has 0 radical (unpaired) electrons. The molecule has 0 saturated carbocycles. The summed E-state index contributed by atoms with van der Waals surface area (Å²) in [7, 11) is 0. The van der Waals surface area contributed by atoms with Gasteiger partial charge in [0.25, 0.3) is 11.8 Å². The van der Waals surface area contributed by atoms with Crippen LogP contribution in [0, 0.1) is 0 Å². The molecule has 0 fully saturated rings. The fourth-order valence-corrected chi connectivity index (χ4v) is 3.01. The Labute approximate surface area is 186 Å². The first-order valence-electron chi connectivity index (χ1n) is 10.4. The van der Waals surface area contributed by atoms with Crippen molar-refractivity contribution in [3.05, 3.63) is 90.3 Å². The van der Waals surface area contributed by atoms with Gasteiger partial charge >= 0.3 is 0 Å². The fourth-order valence-electron chi connectivity index (χ4n) is 3.01. The van der Waals surface area contributed by atoms with Crippen LogP contribution >= 0.6 is 0 Å². The first-order chi connectivity index (χ1) is 15.7. The lowest BCUT2D eigenvalue weighted by atomic mass is 10.1. The van der Waals surface area contributed by atoms with E-state index in [1.165, 1.54) is 0 Å². The van der Waals surface area contributed by atoms with Crippen molar-refractivity contribution < 1.29 is 18.8 Å². The van der Waals surface area contributed by atoms with Crippen LogP contribution in [-0.2, 0) is 6.61 Å². The Bertz CT molecular complexity index is 1170. The number of nitrogens with zero attached hydrogens (tertiary/aromatic N) is 2. The van der Waals surface area contributed by atoms with Crippen LogP contribution in [0.2, 0.25) is 0 Å². The molecule has 0 aliphatic heterocycles. The summed E-state index contributed by atoms with van der Waals surface area (Å²) in [4.78, 5) is 17.2. The van der Waals surface area contributed by atoms with Crippen LogP contribution in [0.1, 0.15) is 29.5 Å². The molecule has 1 N–H and O–H groups in total. The maximum absolute atomic E-state index is 12.8. The van der Waals surface area contributed by atoms with Crippen molar-refractivity contribution in [3.63, 3.8) is 0 Å². The summed E-state index contributed by atoms with van der Waals surface area (Å²) < 4.78 is 16.7. The van der Waals surface area contributed by atoms with Crippen molar-refractivity contribution in [1.29, 1.82) is 0 Å². The topological polar surface area (TPSA) is 86.5 Å². The fraction of sp³-hybridized carbons (Fsp3) is 0.160. The molecule has 32 heavy (non-hydrogen) atoms. The van der Waals surface area contributed by atoms with E-state index in [2.05, 4.69) is 15.5 Å². The van der Waals surface area contributed by atoms with Gasteiger partial charge in [0.05, 0.1) is 17.9 Å². The molecule has 0 aliphatic carbocycles. The summed E-state index contributed by atoms with van der Waals surface area (Å²) in [5.41, 5.74) is 1.69. The van der Waals surface area contributed by atoms with E-state index in [4.69, 9.17) is 14.0 Å². The lowest BCUT2D eigenvalue weighted by Gasteiger charge is -2.10. The van der Waals surface area contributed by atoms with E-state index in [-0.39, 0.29) is 12.5 Å². The van der Waals surface area contributed by atoms with Crippen LogP contribution < -0.4 is 14.8 Å². The molecule has 0 unspecified atom stereocenters. The molecule has 0 saturated heterocycles. The minimum Gasteiger partial charge on any atom is -0.494 e. The molecule has 0 aliphatic rings. The zero-order chi connectivity index (χ0) is 22.2. The molecule has 1 amide bonds. The number of carbonyl (C=O) groups excluding carboxylic acids is 1. The maximum atomic E-state index is 12.8. The lowest BCUT2D eigenvalue weighted by Crippen LogP contribution is -2.12. The first kappa shape index (κ1) is 21.1. The van der Waals surface area contributed by atoms with Crippen LogP contribution in [0.3, 0.4) is 0 Å². The second kappa shape index (κ2) is 10.3. The number of benzene rings is 3. The van der Waals surface area contributed by atoms with Crippen molar-refractivity contribution in [3.8, 4) is 23.0 Å². The van der Waals surface area contributed by atoms with Crippen LogP contribution in [0.25, 0.3) is 11.5 Å². The zero-order valence-electron chi connectivity index (χ0n) is 17.7. The second-order valence-electron chi connectivity index (χ2n) is 6.99. The van der Waals surface area contributed by atoms with Gasteiger partial charge in [0, 0.05) is 5.56 Å². The summed E-state index contributed by atoms with van der Waals surface area (Å²) >= 11 is 0. The number of anilines is 1. The predicted molar refractivity (Wildman–Crippen MR) is 121 cm³/mol. The van der Waals surface area contributed by atoms with E-state index in [0.717, 1.165) is 12.2 Å². The van der Waals surface area contributed by atoms with E-state index in [9.17, 15) is 4.79 Å². The van der Waals surface area contributed by atoms with Gasteiger partial charge in [0.15, 0.2) is 6.61 Å². The van der Waals surface area contributed by atoms with E-state index < -0.39 is 0 Å². The number of hydrogen-bond acceptors (Lipinski definition) is 6. The third kappa shape index (κ3) is 5.31. The summed E-state index contributed by atoms with van der Waals surface area (Å²) in [6, 6.07) is 23.8.